The summed E-state index contributed by atoms with van der Waals surface area (Å²) in [4.78, 5) is 17.0. The Bertz CT molecular complexity index is 920. The lowest BCUT2D eigenvalue weighted by Gasteiger charge is -2.25. The Morgan fingerprint density at radius 2 is 2.07 bits per heavy atom. The molecule has 1 aromatic carbocycles. The number of aromatic nitrogens is 1. The largest absolute Gasteiger partial charge is 0.493 e. The van der Waals surface area contributed by atoms with Crippen LogP contribution < -0.4 is 10.1 Å². The predicted octanol–water partition coefficient (Wildman–Crippen LogP) is 3.40. The van der Waals surface area contributed by atoms with Gasteiger partial charge in [-0.2, -0.15) is 4.39 Å². The first-order valence-corrected chi connectivity index (χ1v) is 9.26. The number of carbonyl (C=O) groups is 1. The number of halogens is 2. The van der Waals surface area contributed by atoms with E-state index in [2.05, 4.69) is 10.3 Å². The van der Waals surface area contributed by atoms with E-state index in [1.165, 1.54) is 19.4 Å². The lowest BCUT2D eigenvalue weighted by molar-refractivity contribution is -0.131. The molecule has 29 heavy (non-hydrogen) atoms. The number of pyridine rings is 1. The number of aliphatic hydroxyl groups excluding tert-OH is 1. The molecule has 0 spiro atoms. The van der Waals surface area contributed by atoms with E-state index >= 15 is 0 Å². The van der Waals surface area contributed by atoms with Crippen molar-refractivity contribution >= 4 is 11.6 Å². The molecule has 3 rings (SSSR count). The summed E-state index contributed by atoms with van der Waals surface area (Å²) in [5, 5.41) is 12.0. The van der Waals surface area contributed by atoms with Crippen molar-refractivity contribution in [1.29, 1.82) is 0 Å². The maximum absolute atomic E-state index is 14.3. The van der Waals surface area contributed by atoms with E-state index in [-0.39, 0.29) is 18.3 Å². The summed E-state index contributed by atoms with van der Waals surface area (Å²) in [5.41, 5.74) is 0.543. The Hall–Kier alpha value is -2.58. The van der Waals surface area contributed by atoms with E-state index in [0.717, 1.165) is 6.07 Å². The Balaban J connectivity index is 1.98. The summed E-state index contributed by atoms with van der Waals surface area (Å²) in [6.45, 7) is 5.33. The third-order valence-corrected chi connectivity index (χ3v) is 5.54. The van der Waals surface area contributed by atoms with Crippen LogP contribution in [0.5, 0.6) is 5.75 Å². The average molecular weight is 406 g/mol. The van der Waals surface area contributed by atoms with E-state index in [9.17, 15) is 18.7 Å². The fraction of sp³-hybridized carbons (Fsp3) is 0.429. The second-order valence-electron chi connectivity index (χ2n) is 7.62. The molecule has 0 radical (unpaired) electrons. The van der Waals surface area contributed by atoms with Gasteiger partial charge in [-0.05, 0) is 38.0 Å². The van der Waals surface area contributed by atoms with E-state index in [4.69, 9.17) is 9.47 Å². The number of nitrogens with one attached hydrogen (secondary N) is 1. The summed E-state index contributed by atoms with van der Waals surface area (Å²) >= 11 is 0. The minimum atomic E-state index is -1.09. The van der Waals surface area contributed by atoms with Crippen molar-refractivity contribution in [2.45, 2.75) is 45.0 Å². The molecule has 0 bridgehead atoms. The van der Waals surface area contributed by atoms with Gasteiger partial charge in [0.15, 0.2) is 11.6 Å². The van der Waals surface area contributed by atoms with Crippen molar-refractivity contribution in [3.63, 3.8) is 0 Å². The number of benzene rings is 1. The number of carbonyl (C=O) groups excluding carboxylic acids is 1. The summed E-state index contributed by atoms with van der Waals surface area (Å²) in [6, 6.07) is 5.60. The lowest BCUT2D eigenvalue weighted by atomic mass is 9.78. The van der Waals surface area contributed by atoms with Crippen LogP contribution in [0.4, 0.5) is 14.5 Å². The van der Waals surface area contributed by atoms with Gasteiger partial charge >= 0.3 is 0 Å². The van der Waals surface area contributed by atoms with Crippen LogP contribution in [0.25, 0.3) is 0 Å². The molecule has 1 amide bonds. The normalized spacial score (nSPS) is 23.1. The number of hydrogen-bond donors (Lipinski definition) is 2. The van der Waals surface area contributed by atoms with Gasteiger partial charge in [0.1, 0.15) is 6.10 Å². The van der Waals surface area contributed by atoms with Gasteiger partial charge in [-0.1, -0.05) is 13.0 Å². The predicted molar refractivity (Wildman–Crippen MR) is 103 cm³/mol. The monoisotopic (exact) mass is 406 g/mol. The second kappa shape index (κ2) is 8.04. The first-order valence-electron chi connectivity index (χ1n) is 9.26. The highest BCUT2D eigenvalue weighted by Crippen LogP contribution is 2.49. The van der Waals surface area contributed by atoms with Gasteiger partial charge in [-0.25, -0.2) is 4.39 Å². The highest BCUT2D eigenvalue weighted by Gasteiger charge is 2.51. The molecule has 0 unspecified atom stereocenters. The zero-order valence-electron chi connectivity index (χ0n) is 16.7. The molecule has 1 aliphatic rings. The van der Waals surface area contributed by atoms with Crippen LogP contribution in [0.3, 0.4) is 0 Å². The SMILES string of the molecule is COc1c([C@@H]2[C@@H](C(=O)Nc3ccnc(CO)c3)OC(C)(C)[C@@H]2C)ccc(F)c1F. The van der Waals surface area contributed by atoms with Crippen molar-refractivity contribution < 1.29 is 28.2 Å². The Labute approximate surface area is 167 Å². The molecule has 1 aromatic heterocycles. The molecule has 2 heterocycles. The molecule has 8 heteroatoms. The Morgan fingerprint density at radius 3 is 2.72 bits per heavy atom. The molecule has 1 fully saturated rings. The molecular formula is C21H24F2N2O4. The Kier molecular flexibility index (Phi) is 5.86. The maximum atomic E-state index is 14.3. The maximum Gasteiger partial charge on any atom is 0.254 e. The van der Waals surface area contributed by atoms with Crippen molar-refractivity contribution in [1.82, 2.24) is 4.98 Å². The molecule has 2 aromatic rings. The van der Waals surface area contributed by atoms with Crippen LogP contribution >= 0.6 is 0 Å². The van der Waals surface area contributed by atoms with Gasteiger partial charge in [0.25, 0.3) is 5.91 Å². The number of ether oxygens (including phenoxy) is 2. The molecule has 6 nitrogen and oxygen atoms in total. The van der Waals surface area contributed by atoms with Crippen LogP contribution in [0.1, 0.15) is 37.9 Å². The van der Waals surface area contributed by atoms with Gasteiger partial charge in [0.05, 0.1) is 25.0 Å². The first kappa shape index (κ1) is 21.1. The van der Waals surface area contributed by atoms with Crippen LogP contribution in [0, 0.1) is 17.6 Å². The van der Waals surface area contributed by atoms with Gasteiger partial charge in [0, 0.05) is 23.4 Å². The zero-order chi connectivity index (χ0) is 21.3. The number of amides is 1. The molecular weight excluding hydrogens is 382 g/mol. The topological polar surface area (TPSA) is 80.7 Å². The number of methoxy groups -OCH3 is 1. The van der Waals surface area contributed by atoms with Crippen molar-refractivity contribution in [2.24, 2.45) is 5.92 Å². The molecule has 156 valence electrons. The third kappa shape index (κ3) is 3.95. The quantitative estimate of drug-likeness (QED) is 0.796. The molecule has 1 aliphatic heterocycles. The minimum absolute atomic E-state index is 0.192. The summed E-state index contributed by atoms with van der Waals surface area (Å²) < 4.78 is 39.2. The van der Waals surface area contributed by atoms with Crippen LogP contribution in [-0.2, 0) is 16.1 Å². The number of aliphatic hydroxyl groups is 1. The van der Waals surface area contributed by atoms with Crippen molar-refractivity contribution in [2.75, 3.05) is 12.4 Å². The number of hydrogen-bond acceptors (Lipinski definition) is 5. The molecule has 3 atom stereocenters. The van der Waals surface area contributed by atoms with Crippen LogP contribution in [0.2, 0.25) is 0 Å². The number of nitrogens with zero attached hydrogens (tertiary/aromatic N) is 1. The third-order valence-electron chi connectivity index (χ3n) is 5.54. The van der Waals surface area contributed by atoms with Crippen molar-refractivity contribution in [3.05, 3.63) is 53.4 Å². The van der Waals surface area contributed by atoms with Gasteiger partial charge < -0.3 is 19.9 Å². The smallest absolute Gasteiger partial charge is 0.254 e. The van der Waals surface area contributed by atoms with E-state index in [1.54, 1.807) is 12.1 Å². The minimum Gasteiger partial charge on any atom is -0.493 e. The fourth-order valence-corrected chi connectivity index (χ4v) is 3.72. The molecule has 0 saturated carbocycles. The molecule has 2 N–H and O–H groups in total. The van der Waals surface area contributed by atoms with Crippen LogP contribution in [-0.4, -0.2) is 34.8 Å². The molecule has 0 aliphatic carbocycles. The zero-order valence-corrected chi connectivity index (χ0v) is 16.7. The summed E-state index contributed by atoms with van der Waals surface area (Å²) in [7, 11) is 1.26. The van der Waals surface area contributed by atoms with E-state index < -0.39 is 35.2 Å². The Morgan fingerprint density at radius 1 is 1.34 bits per heavy atom. The second-order valence-corrected chi connectivity index (χ2v) is 7.62. The highest BCUT2D eigenvalue weighted by atomic mass is 19.2. The lowest BCUT2D eigenvalue weighted by Crippen LogP contribution is -2.33. The number of anilines is 1. The highest BCUT2D eigenvalue weighted by molar-refractivity contribution is 5.95. The molecule has 1 saturated heterocycles. The van der Waals surface area contributed by atoms with E-state index in [1.807, 2.05) is 20.8 Å². The first-order chi connectivity index (χ1) is 13.7. The van der Waals surface area contributed by atoms with Crippen LogP contribution in [0.15, 0.2) is 30.5 Å². The van der Waals surface area contributed by atoms with Gasteiger partial charge in [0.2, 0.25) is 5.82 Å². The summed E-state index contributed by atoms with van der Waals surface area (Å²) in [5.74, 6) is -3.54. The standard InChI is InChI=1S/C21H24F2N2O4/c1-11-16(14-5-6-15(22)17(23)18(14)28-4)19(29-21(11,2)3)20(27)25-12-7-8-24-13(9-12)10-26/h5-9,11,16,19,26H,10H2,1-4H3,(H,24,25,27)/t11-,16-,19+/m1/s1. The van der Waals surface area contributed by atoms with Gasteiger partial charge in [-0.15, -0.1) is 0 Å². The number of rotatable bonds is 5. The van der Waals surface area contributed by atoms with E-state index in [0.29, 0.717) is 16.9 Å². The van der Waals surface area contributed by atoms with Crippen molar-refractivity contribution in [3.8, 4) is 5.75 Å². The average Bonchev–Trinajstić information content (AvgIpc) is 2.93. The summed E-state index contributed by atoms with van der Waals surface area (Å²) in [6.07, 6.45) is 0.517. The van der Waals surface area contributed by atoms with Gasteiger partial charge in [-0.3, -0.25) is 9.78 Å². The fourth-order valence-electron chi connectivity index (χ4n) is 3.72.